The van der Waals surface area contributed by atoms with Gasteiger partial charge >= 0.3 is 5.69 Å². The topological polar surface area (TPSA) is 111 Å². The van der Waals surface area contributed by atoms with Crippen LogP contribution in [-0.4, -0.2) is 28.9 Å². The van der Waals surface area contributed by atoms with Gasteiger partial charge in [-0.25, -0.2) is 0 Å². The molecule has 2 amide bonds. The van der Waals surface area contributed by atoms with Crippen molar-refractivity contribution in [3.05, 3.63) is 64.2 Å². The molecule has 0 heterocycles. The van der Waals surface area contributed by atoms with Crippen molar-refractivity contribution >= 4 is 23.2 Å². The highest BCUT2D eigenvalue weighted by molar-refractivity contribution is 5.98. The molecule has 0 spiro atoms. The summed E-state index contributed by atoms with van der Waals surface area (Å²) >= 11 is 0. The Morgan fingerprint density at radius 1 is 1.10 bits per heavy atom. The average Bonchev–Trinajstić information content (AvgIpc) is 2.75. The number of carbonyl (C=O) groups excluding carboxylic acids is 2. The second kappa shape index (κ2) is 9.87. The number of nitro benzene ring substituents is 1. The molecule has 1 unspecified atom stereocenters. The quantitative estimate of drug-likeness (QED) is 0.527. The van der Waals surface area contributed by atoms with Crippen molar-refractivity contribution in [2.45, 2.75) is 51.2 Å². The molecule has 8 heteroatoms. The molecule has 2 N–H and O–H groups in total. The second-order valence-electron chi connectivity index (χ2n) is 7.36. The van der Waals surface area contributed by atoms with E-state index in [2.05, 4.69) is 10.6 Å². The third kappa shape index (κ3) is 5.56. The van der Waals surface area contributed by atoms with Gasteiger partial charge in [-0.2, -0.15) is 0 Å². The molecule has 0 saturated heterocycles. The van der Waals surface area contributed by atoms with Crippen LogP contribution < -0.4 is 15.4 Å². The molecule has 1 saturated carbocycles. The van der Waals surface area contributed by atoms with Crippen LogP contribution in [0.5, 0.6) is 5.75 Å². The number of nitro groups is 1. The first-order valence-corrected chi connectivity index (χ1v) is 10.1. The van der Waals surface area contributed by atoms with Crippen LogP contribution in [-0.2, 0) is 4.79 Å². The molecule has 3 rings (SSSR count). The molecule has 8 nitrogen and oxygen atoms in total. The van der Waals surface area contributed by atoms with E-state index in [9.17, 15) is 19.7 Å². The summed E-state index contributed by atoms with van der Waals surface area (Å²) in [5, 5.41) is 16.8. The highest BCUT2D eigenvalue weighted by Crippen LogP contribution is 2.27. The lowest BCUT2D eigenvalue weighted by Gasteiger charge is -2.22. The minimum atomic E-state index is -0.967. The molecular weight excluding hydrogens is 386 g/mol. The number of hydrogen-bond donors (Lipinski definition) is 2. The van der Waals surface area contributed by atoms with E-state index < -0.39 is 16.9 Å². The van der Waals surface area contributed by atoms with Gasteiger partial charge in [0.2, 0.25) is 0 Å². The van der Waals surface area contributed by atoms with Crippen molar-refractivity contribution in [1.82, 2.24) is 5.32 Å². The number of benzene rings is 2. The zero-order valence-electron chi connectivity index (χ0n) is 16.8. The Bertz CT molecular complexity index is 924. The molecule has 2 aromatic rings. The standard InChI is InChI=1S/C22H25N3O5/c1-15(30-20-13-6-5-12-19(20)25(28)29)21(26)24-18-11-7-8-16(14-18)22(27)23-17-9-3-2-4-10-17/h5-8,11-15,17H,2-4,9-10H2,1H3,(H,23,27)(H,24,26). The number of para-hydroxylation sites is 2. The Morgan fingerprint density at radius 2 is 1.83 bits per heavy atom. The van der Waals surface area contributed by atoms with Gasteiger partial charge in [-0.1, -0.05) is 37.5 Å². The summed E-state index contributed by atoms with van der Waals surface area (Å²) in [6.07, 6.45) is 4.47. The summed E-state index contributed by atoms with van der Waals surface area (Å²) in [5.74, 6) is -0.619. The van der Waals surface area contributed by atoms with Gasteiger partial charge in [0.05, 0.1) is 4.92 Å². The van der Waals surface area contributed by atoms with Crippen LogP contribution >= 0.6 is 0 Å². The van der Waals surface area contributed by atoms with Crippen LogP contribution in [0.4, 0.5) is 11.4 Å². The molecule has 158 valence electrons. The molecule has 0 aromatic heterocycles. The molecule has 30 heavy (non-hydrogen) atoms. The third-order valence-corrected chi connectivity index (χ3v) is 5.07. The largest absolute Gasteiger partial charge is 0.474 e. The summed E-state index contributed by atoms with van der Waals surface area (Å²) in [7, 11) is 0. The lowest BCUT2D eigenvalue weighted by molar-refractivity contribution is -0.386. The van der Waals surface area contributed by atoms with E-state index in [1.54, 1.807) is 30.3 Å². The predicted octanol–water partition coefficient (Wildman–Crippen LogP) is 4.06. The fourth-order valence-electron chi connectivity index (χ4n) is 3.45. The Hall–Kier alpha value is -3.42. The summed E-state index contributed by atoms with van der Waals surface area (Å²) in [6.45, 7) is 1.51. The van der Waals surface area contributed by atoms with Crippen molar-refractivity contribution in [2.24, 2.45) is 0 Å². The highest BCUT2D eigenvalue weighted by atomic mass is 16.6. The number of nitrogens with zero attached hydrogens (tertiary/aromatic N) is 1. The van der Waals surface area contributed by atoms with E-state index in [0.717, 1.165) is 25.7 Å². The van der Waals surface area contributed by atoms with Gasteiger partial charge in [0.15, 0.2) is 11.9 Å². The Morgan fingerprint density at radius 3 is 2.57 bits per heavy atom. The van der Waals surface area contributed by atoms with E-state index in [-0.39, 0.29) is 23.4 Å². The lowest BCUT2D eigenvalue weighted by Crippen LogP contribution is -2.36. The van der Waals surface area contributed by atoms with Gasteiger partial charge < -0.3 is 15.4 Å². The van der Waals surface area contributed by atoms with Crippen molar-refractivity contribution < 1.29 is 19.2 Å². The monoisotopic (exact) mass is 411 g/mol. The van der Waals surface area contributed by atoms with E-state index in [1.165, 1.54) is 31.5 Å². The molecule has 1 aliphatic rings. The van der Waals surface area contributed by atoms with Crippen LogP contribution in [0.15, 0.2) is 48.5 Å². The summed E-state index contributed by atoms with van der Waals surface area (Å²) in [6, 6.07) is 12.7. The van der Waals surface area contributed by atoms with Crippen molar-refractivity contribution in [1.29, 1.82) is 0 Å². The minimum Gasteiger partial charge on any atom is -0.474 e. The van der Waals surface area contributed by atoms with E-state index in [1.807, 2.05) is 0 Å². The maximum atomic E-state index is 12.5. The number of anilines is 1. The average molecular weight is 411 g/mol. The SMILES string of the molecule is CC(Oc1ccccc1[N+](=O)[O-])C(=O)Nc1cccc(C(=O)NC2CCCCC2)c1. The van der Waals surface area contributed by atoms with Gasteiger partial charge in [-0.15, -0.1) is 0 Å². The highest BCUT2D eigenvalue weighted by Gasteiger charge is 2.21. The molecule has 1 fully saturated rings. The number of carbonyl (C=O) groups is 2. The van der Waals surface area contributed by atoms with Crippen molar-refractivity contribution in [3.8, 4) is 5.75 Å². The minimum absolute atomic E-state index is 0.0192. The van der Waals surface area contributed by atoms with Gasteiger partial charge in [-0.05, 0) is 44.0 Å². The summed E-state index contributed by atoms with van der Waals surface area (Å²) in [4.78, 5) is 35.5. The van der Waals surface area contributed by atoms with Gasteiger partial charge in [-0.3, -0.25) is 19.7 Å². The maximum absolute atomic E-state index is 12.5. The molecule has 0 bridgehead atoms. The zero-order valence-corrected chi connectivity index (χ0v) is 16.8. The summed E-state index contributed by atoms with van der Waals surface area (Å²) < 4.78 is 5.49. The first-order chi connectivity index (χ1) is 14.4. The van der Waals surface area contributed by atoms with Gasteiger partial charge in [0.25, 0.3) is 11.8 Å². The Kier molecular flexibility index (Phi) is 7.00. The first-order valence-electron chi connectivity index (χ1n) is 10.1. The van der Waals surface area contributed by atoms with Gasteiger partial charge in [0.1, 0.15) is 0 Å². The smallest absolute Gasteiger partial charge is 0.310 e. The number of hydrogen-bond acceptors (Lipinski definition) is 5. The second-order valence-corrected chi connectivity index (χ2v) is 7.36. The molecular formula is C22H25N3O5. The first kappa shape index (κ1) is 21.3. The molecule has 1 atom stereocenters. The third-order valence-electron chi connectivity index (χ3n) is 5.07. The predicted molar refractivity (Wildman–Crippen MR) is 113 cm³/mol. The Balaban J connectivity index is 1.61. The molecule has 2 aromatic carbocycles. The van der Waals surface area contributed by atoms with Crippen LogP contribution in [0.3, 0.4) is 0 Å². The zero-order chi connectivity index (χ0) is 21.5. The van der Waals surface area contributed by atoms with Crippen LogP contribution in [0.1, 0.15) is 49.4 Å². The Labute approximate surface area is 174 Å². The number of ether oxygens (including phenoxy) is 1. The lowest BCUT2D eigenvalue weighted by atomic mass is 9.95. The van der Waals surface area contributed by atoms with E-state index >= 15 is 0 Å². The number of rotatable bonds is 7. The molecule has 0 aliphatic heterocycles. The van der Waals surface area contributed by atoms with Crippen LogP contribution in [0.25, 0.3) is 0 Å². The van der Waals surface area contributed by atoms with Crippen LogP contribution in [0.2, 0.25) is 0 Å². The van der Waals surface area contributed by atoms with E-state index in [0.29, 0.717) is 11.3 Å². The fourth-order valence-corrected chi connectivity index (χ4v) is 3.45. The van der Waals surface area contributed by atoms with Gasteiger partial charge in [0, 0.05) is 23.4 Å². The normalized spacial score (nSPS) is 15.1. The number of nitrogens with one attached hydrogen (secondary N) is 2. The van der Waals surface area contributed by atoms with Crippen LogP contribution in [0, 0.1) is 10.1 Å². The molecule has 0 radical (unpaired) electrons. The molecule has 1 aliphatic carbocycles. The number of amides is 2. The fraction of sp³-hybridized carbons (Fsp3) is 0.364. The van der Waals surface area contributed by atoms with Crippen molar-refractivity contribution in [2.75, 3.05) is 5.32 Å². The maximum Gasteiger partial charge on any atom is 0.310 e. The van der Waals surface area contributed by atoms with Crippen molar-refractivity contribution in [3.63, 3.8) is 0 Å². The van der Waals surface area contributed by atoms with E-state index in [4.69, 9.17) is 4.74 Å². The summed E-state index contributed by atoms with van der Waals surface area (Å²) in [5.41, 5.74) is 0.707.